The lowest BCUT2D eigenvalue weighted by atomic mass is 9.97. The van der Waals surface area contributed by atoms with Gasteiger partial charge in [0.1, 0.15) is 0 Å². The Morgan fingerprint density at radius 2 is 1.68 bits per heavy atom. The second-order valence-corrected chi connectivity index (χ2v) is 9.54. The number of hydrogen-bond acceptors (Lipinski definition) is 4. The third kappa shape index (κ3) is 5.19. The highest BCUT2D eigenvalue weighted by molar-refractivity contribution is 7.89. The van der Waals surface area contributed by atoms with E-state index in [9.17, 15) is 26.4 Å². The number of amides is 1. The van der Waals surface area contributed by atoms with Gasteiger partial charge in [-0.3, -0.25) is 4.79 Å². The number of nitrogens with zero attached hydrogens (tertiary/aromatic N) is 2. The lowest BCUT2D eigenvalue weighted by molar-refractivity contribution is -0.137. The zero-order valence-electron chi connectivity index (χ0n) is 17.2. The van der Waals surface area contributed by atoms with Gasteiger partial charge in [-0.15, -0.1) is 0 Å². The van der Waals surface area contributed by atoms with Crippen LogP contribution in [-0.4, -0.2) is 45.8 Å². The molecule has 0 saturated carbocycles. The average Bonchev–Trinajstić information content (AvgIpc) is 2.73. The van der Waals surface area contributed by atoms with Crippen LogP contribution in [0, 0.1) is 5.92 Å². The molecule has 0 bridgehead atoms. The van der Waals surface area contributed by atoms with E-state index in [1.807, 2.05) is 0 Å². The Morgan fingerprint density at radius 1 is 1.06 bits per heavy atom. The zero-order chi connectivity index (χ0) is 22.8. The lowest BCUT2D eigenvalue weighted by Gasteiger charge is -2.31. The lowest BCUT2D eigenvalue weighted by Crippen LogP contribution is -2.41. The fraction of sp³-hybridized carbons (Fsp3) is 0.381. The summed E-state index contributed by atoms with van der Waals surface area (Å²) < 4.78 is 66.1. The number of anilines is 2. The molecule has 1 saturated heterocycles. The number of alkyl halides is 3. The van der Waals surface area contributed by atoms with Crippen LogP contribution in [-0.2, 0) is 21.0 Å². The second kappa shape index (κ2) is 8.88. The molecule has 10 heteroatoms. The molecule has 1 N–H and O–H groups in total. The van der Waals surface area contributed by atoms with Crippen LogP contribution in [0.25, 0.3) is 0 Å². The first kappa shape index (κ1) is 23.1. The van der Waals surface area contributed by atoms with Crippen LogP contribution in [0.1, 0.15) is 18.4 Å². The van der Waals surface area contributed by atoms with Gasteiger partial charge in [-0.1, -0.05) is 18.2 Å². The van der Waals surface area contributed by atoms with E-state index in [-0.39, 0.29) is 36.5 Å². The first-order valence-electron chi connectivity index (χ1n) is 9.75. The van der Waals surface area contributed by atoms with Crippen molar-refractivity contribution in [3.05, 3.63) is 54.1 Å². The maximum absolute atomic E-state index is 13.1. The first-order chi connectivity index (χ1) is 14.5. The summed E-state index contributed by atoms with van der Waals surface area (Å²) in [5.74, 6) is -0.911. The Balaban J connectivity index is 1.71. The summed E-state index contributed by atoms with van der Waals surface area (Å²) in [6, 6.07) is 11.3. The summed E-state index contributed by atoms with van der Waals surface area (Å²) in [6.07, 6.45) is -3.95. The monoisotopic (exact) mass is 455 g/mol. The highest BCUT2D eigenvalue weighted by Gasteiger charge is 2.34. The van der Waals surface area contributed by atoms with Gasteiger partial charge in [0, 0.05) is 33.1 Å². The van der Waals surface area contributed by atoms with Crippen LogP contribution in [0.3, 0.4) is 0 Å². The normalized spacial score (nSPS) is 16.2. The van der Waals surface area contributed by atoms with Crippen LogP contribution in [0.15, 0.2) is 53.4 Å². The SMILES string of the molecule is CN(C)c1ccc(C(F)(F)F)cc1NC(=O)C1CCN(S(=O)(=O)c2ccccc2)CC1. The molecule has 1 aliphatic heterocycles. The maximum atomic E-state index is 13.1. The van der Waals surface area contributed by atoms with Crippen molar-refractivity contribution in [1.82, 2.24) is 4.31 Å². The van der Waals surface area contributed by atoms with E-state index >= 15 is 0 Å². The topological polar surface area (TPSA) is 69.7 Å². The molecule has 1 amide bonds. The molecular formula is C21H24F3N3O3S. The van der Waals surface area contributed by atoms with Gasteiger partial charge in [-0.25, -0.2) is 8.42 Å². The van der Waals surface area contributed by atoms with Gasteiger partial charge in [-0.05, 0) is 43.2 Å². The van der Waals surface area contributed by atoms with Crippen molar-refractivity contribution >= 4 is 27.3 Å². The molecule has 31 heavy (non-hydrogen) atoms. The summed E-state index contributed by atoms with van der Waals surface area (Å²) in [5.41, 5.74) is -0.327. The van der Waals surface area contributed by atoms with Gasteiger partial charge in [-0.2, -0.15) is 17.5 Å². The maximum Gasteiger partial charge on any atom is 0.416 e. The molecule has 0 atom stereocenters. The van der Waals surface area contributed by atoms with Gasteiger partial charge >= 0.3 is 6.18 Å². The molecule has 6 nitrogen and oxygen atoms in total. The van der Waals surface area contributed by atoms with Crippen molar-refractivity contribution in [1.29, 1.82) is 0 Å². The fourth-order valence-corrected chi connectivity index (χ4v) is 5.03. The van der Waals surface area contributed by atoms with E-state index in [2.05, 4.69) is 5.32 Å². The molecule has 1 aliphatic rings. The molecule has 3 rings (SSSR count). The molecule has 1 heterocycles. The van der Waals surface area contributed by atoms with E-state index in [0.29, 0.717) is 5.69 Å². The molecule has 2 aromatic rings. The molecule has 0 aromatic heterocycles. The number of halogens is 3. The standard InChI is InChI=1S/C21H24F3N3O3S/c1-26(2)19-9-8-16(21(22,23)24)14-18(19)25-20(28)15-10-12-27(13-11-15)31(29,30)17-6-4-3-5-7-17/h3-9,14-15H,10-13H2,1-2H3,(H,25,28). The van der Waals surface area contributed by atoms with Crippen LogP contribution >= 0.6 is 0 Å². The zero-order valence-corrected chi connectivity index (χ0v) is 18.0. The Labute approximate surface area is 179 Å². The average molecular weight is 456 g/mol. The number of hydrogen-bond donors (Lipinski definition) is 1. The quantitative estimate of drug-likeness (QED) is 0.745. The minimum atomic E-state index is -4.53. The van der Waals surface area contributed by atoms with E-state index < -0.39 is 33.6 Å². The largest absolute Gasteiger partial charge is 0.416 e. The molecule has 0 radical (unpaired) electrons. The highest BCUT2D eigenvalue weighted by Crippen LogP contribution is 2.35. The number of benzene rings is 2. The summed E-state index contributed by atoms with van der Waals surface area (Å²) in [6.45, 7) is 0.330. The number of piperidine rings is 1. The van der Waals surface area contributed by atoms with Crippen LogP contribution in [0.2, 0.25) is 0 Å². The van der Waals surface area contributed by atoms with Crippen molar-refractivity contribution in [2.24, 2.45) is 5.92 Å². The Bertz CT molecular complexity index is 1030. The second-order valence-electron chi connectivity index (χ2n) is 7.60. The minimum Gasteiger partial charge on any atom is -0.376 e. The summed E-state index contributed by atoms with van der Waals surface area (Å²) in [4.78, 5) is 14.6. The third-order valence-electron chi connectivity index (χ3n) is 5.27. The number of nitrogens with one attached hydrogen (secondary N) is 1. The third-order valence-corrected chi connectivity index (χ3v) is 7.18. The van der Waals surface area contributed by atoms with Crippen molar-refractivity contribution in [2.75, 3.05) is 37.4 Å². The number of carbonyl (C=O) groups excluding carboxylic acids is 1. The summed E-state index contributed by atoms with van der Waals surface area (Å²) >= 11 is 0. The number of rotatable bonds is 5. The van der Waals surface area contributed by atoms with E-state index in [4.69, 9.17) is 0 Å². The van der Waals surface area contributed by atoms with Gasteiger partial charge in [0.2, 0.25) is 15.9 Å². The molecule has 2 aromatic carbocycles. The van der Waals surface area contributed by atoms with Crippen molar-refractivity contribution in [2.45, 2.75) is 23.9 Å². The van der Waals surface area contributed by atoms with E-state index in [1.54, 1.807) is 37.2 Å². The molecule has 0 aliphatic carbocycles. The Kier molecular flexibility index (Phi) is 6.61. The minimum absolute atomic E-state index is 0.0733. The van der Waals surface area contributed by atoms with Crippen molar-refractivity contribution in [3.8, 4) is 0 Å². The van der Waals surface area contributed by atoms with Crippen LogP contribution < -0.4 is 10.2 Å². The summed E-state index contributed by atoms with van der Waals surface area (Å²) in [7, 11) is -0.296. The van der Waals surface area contributed by atoms with E-state index in [1.165, 1.54) is 22.5 Å². The first-order valence-corrected chi connectivity index (χ1v) is 11.2. The predicted molar refractivity (Wildman–Crippen MR) is 112 cm³/mol. The van der Waals surface area contributed by atoms with E-state index in [0.717, 1.165) is 12.1 Å². The summed E-state index contributed by atoms with van der Waals surface area (Å²) in [5, 5.41) is 2.61. The fourth-order valence-electron chi connectivity index (χ4n) is 3.54. The smallest absolute Gasteiger partial charge is 0.376 e. The van der Waals surface area contributed by atoms with Crippen LogP contribution in [0.5, 0.6) is 0 Å². The predicted octanol–water partition coefficient (Wildman–Crippen LogP) is 3.81. The molecule has 168 valence electrons. The van der Waals surface area contributed by atoms with Crippen molar-refractivity contribution in [3.63, 3.8) is 0 Å². The van der Waals surface area contributed by atoms with Gasteiger partial charge in [0.15, 0.2) is 0 Å². The van der Waals surface area contributed by atoms with Gasteiger partial charge < -0.3 is 10.2 Å². The van der Waals surface area contributed by atoms with Crippen LogP contribution in [0.4, 0.5) is 24.5 Å². The molecule has 1 fully saturated rings. The molecule has 0 spiro atoms. The van der Waals surface area contributed by atoms with Gasteiger partial charge in [0.25, 0.3) is 0 Å². The number of sulfonamides is 1. The Morgan fingerprint density at radius 3 is 2.23 bits per heavy atom. The van der Waals surface area contributed by atoms with Crippen molar-refractivity contribution < 1.29 is 26.4 Å². The molecular weight excluding hydrogens is 431 g/mol. The Hall–Kier alpha value is -2.59. The molecule has 0 unspecified atom stereocenters. The van der Waals surface area contributed by atoms with Gasteiger partial charge in [0.05, 0.1) is 21.8 Å². The number of carbonyl (C=O) groups is 1. The highest BCUT2D eigenvalue weighted by atomic mass is 32.2.